The zero-order valence-electron chi connectivity index (χ0n) is 12.4. The molecule has 0 bridgehead atoms. The van der Waals surface area contributed by atoms with Crippen LogP contribution < -0.4 is 5.73 Å². The maximum atomic E-state index is 13.5. The number of halogens is 1. The highest BCUT2D eigenvalue weighted by Gasteiger charge is 2.29. The lowest BCUT2D eigenvalue weighted by atomic mass is 9.85. The van der Waals surface area contributed by atoms with Gasteiger partial charge in [-0.15, -0.1) is 0 Å². The fraction of sp³-hybridized carbons (Fsp3) is 0.562. The Hall–Kier alpha value is -1.00. The second kappa shape index (κ2) is 6.19. The Morgan fingerprint density at radius 1 is 1.40 bits per heavy atom. The van der Waals surface area contributed by atoms with Crippen molar-refractivity contribution in [3.05, 3.63) is 35.1 Å². The molecule has 0 aliphatic carbocycles. The molecule has 0 saturated carbocycles. The molecule has 2 rings (SSSR count). The third-order valence-electron chi connectivity index (χ3n) is 4.43. The van der Waals surface area contributed by atoms with Gasteiger partial charge in [0.25, 0.3) is 0 Å². The van der Waals surface area contributed by atoms with E-state index >= 15 is 0 Å². The minimum absolute atomic E-state index is 0.231. The fourth-order valence-electron chi connectivity index (χ4n) is 3.19. The first kappa shape index (κ1) is 15.4. The van der Waals surface area contributed by atoms with E-state index in [2.05, 4.69) is 25.7 Å². The number of rotatable bonds is 3. The van der Waals surface area contributed by atoms with E-state index in [1.54, 1.807) is 12.1 Å². The Morgan fingerprint density at radius 2 is 2.10 bits per heavy atom. The van der Waals surface area contributed by atoms with Gasteiger partial charge in [-0.25, -0.2) is 4.39 Å². The molecular weight excluding hydrogens is 271 g/mol. The van der Waals surface area contributed by atoms with E-state index in [9.17, 15) is 4.39 Å². The third-order valence-corrected chi connectivity index (χ3v) is 4.65. The number of thiocarbonyl (C=S) groups is 1. The second-order valence-electron chi connectivity index (χ2n) is 6.15. The first-order chi connectivity index (χ1) is 9.38. The van der Waals surface area contributed by atoms with E-state index in [0.29, 0.717) is 29.4 Å². The Kier molecular flexibility index (Phi) is 4.76. The van der Waals surface area contributed by atoms with Crippen LogP contribution in [0, 0.1) is 17.7 Å². The van der Waals surface area contributed by atoms with Crippen LogP contribution in [0.25, 0.3) is 0 Å². The third kappa shape index (κ3) is 3.36. The van der Waals surface area contributed by atoms with Crippen LogP contribution in [0.4, 0.5) is 4.39 Å². The predicted molar refractivity (Wildman–Crippen MR) is 85.1 cm³/mol. The Balaban J connectivity index is 2.24. The van der Waals surface area contributed by atoms with Gasteiger partial charge in [-0.3, -0.25) is 4.90 Å². The number of likely N-dealkylation sites (tertiary alicyclic amines) is 1. The summed E-state index contributed by atoms with van der Waals surface area (Å²) in [5.41, 5.74) is 7.43. The summed E-state index contributed by atoms with van der Waals surface area (Å²) < 4.78 is 13.5. The van der Waals surface area contributed by atoms with Crippen molar-refractivity contribution in [2.75, 3.05) is 6.54 Å². The lowest BCUT2D eigenvalue weighted by Gasteiger charge is -2.41. The standard InChI is InChI=1S/C16H23FN2S/c1-10-6-11(2)12(3)19(8-10)9-13-7-14(17)4-5-15(13)16(18)20/h4-5,7,10-12H,6,8-9H2,1-3H3,(H2,18,20). The van der Waals surface area contributed by atoms with Crippen molar-refractivity contribution in [3.63, 3.8) is 0 Å². The van der Waals surface area contributed by atoms with Gasteiger partial charge in [0.2, 0.25) is 0 Å². The maximum absolute atomic E-state index is 13.5. The molecule has 0 radical (unpaired) electrons. The number of piperidine rings is 1. The van der Waals surface area contributed by atoms with E-state index in [-0.39, 0.29) is 5.82 Å². The Bertz CT molecular complexity index is 503. The summed E-state index contributed by atoms with van der Waals surface area (Å²) in [5, 5.41) is 0. The van der Waals surface area contributed by atoms with Crippen LogP contribution in [0.1, 0.15) is 38.3 Å². The van der Waals surface area contributed by atoms with E-state index in [0.717, 1.165) is 17.7 Å². The number of hydrogen-bond acceptors (Lipinski definition) is 2. The Morgan fingerprint density at radius 3 is 2.75 bits per heavy atom. The summed E-state index contributed by atoms with van der Waals surface area (Å²) in [6.45, 7) is 8.55. The van der Waals surface area contributed by atoms with Crippen molar-refractivity contribution in [3.8, 4) is 0 Å². The van der Waals surface area contributed by atoms with Crippen molar-refractivity contribution >= 4 is 17.2 Å². The fourth-order valence-corrected chi connectivity index (χ4v) is 3.39. The summed E-state index contributed by atoms with van der Waals surface area (Å²) in [4.78, 5) is 2.75. The molecule has 1 aromatic rings. The molecule has 20 heavy (non-hydrogen) atoms. The van der Waals surface area contributed by atoms with Gasteiger partial charge in [0.1, 0.15) is 10.8 Å². The lowest BCUT2D eigenvalue weighted by molar-refractivity contribution is 0.0728. The van der Waals surface area contributed by atoms with Gasteiger partial charge in [-0.05, 0) is 48.9 Å². The highest BCUT2D eigenvalue weighted by Crippen LogP contribution is 2.28. The smallest absolute Gasteiger partial charge is 0.123 e. The molecule has 1 saturated heterocycles. The van der Waals surface area contributed by atoms with Gasteiger partial charge in [-0.1, -0.05) is 26.1 Å². The average Bonchev–Trinajstić information content (AvgIpc) is 2.35. The molecule has 3 atom stereocenters. The van der Waals surface area contributed by atoms with E-state index in [1.165, 1.54) is 12.5 Å². The average molecular weight is 294 g/mol. The zero-order chi connectivity index (χ0) is 14.9. The van der Waals surface area contributed by atoms with Crippen LogP contribution in [0.5, 0.6) is 0 Å². The van der Waals surface area contributed by atoms with Crippen LogP contribution in [-0.2, 0) is 6.54 Å². The molecule has 0 aromatic heterocycles. The molecule has 1 fully saturated rings. The molecule has 1 aromatic carbocycles. The van der Waals surface area contributed by atoms with Gasteiger partial charge >= 0.3 is 0 Å². The van der Waals surface area contributed by atoms with Crippen LogP contribution in [0.2, 0.25) is 0 Å². The largest absolute Gasteiger partial charge is 0.389 e. The SMILES string of the molecule is CC1CC(C)C(C)N(Cc2cc(F)ccc2C(N)=S)C1. The highest BCUT2D eigenvalue weighted by molar-refractivity contribution is 7.80. The van der Waals surface area contributed by atoms with Crippen LogP contribution >= 0.6 is 12.2 Å². The molecule has 0 spiro atoms. The quantitative estimate of drug-likeness (QED) is 0.867. The minimum Gasteiger partial charge on any atom is -0.389 e. The summed E-state index contributed by atoms with van der Waals surface area (Å²) in [6, 6.07) is 5.16. The Labute approximate surface area is 126 Å². The van der Waals surface area contributed by atoms with Gasteiger partial charge in [0.15, 0.2) is 0 Å². The molecule has 1 aliphatic rings. The van der Waals surface area contributed by atoms with Crippen molar-refractivity contribution in [1.29, 1.82) is 0 Å². The molecule has 0 amide bonds. The molecule has 2 N–H and O–H groups in total. The van der Waals surface area contributed by atoms with Gasteiger partial charge in [0.05, 0.1) is 0 Å². The number of nitrogens with zero attached hydrogens (tertiary/aromatic N) is 1. The second-order valence-corrected chi connectivity index (χ2v) is 6.59. The highest BCUT2D eigenvalue weighted by atomic mass is 32.1. The number of nitrogens with two attached hydrogens (primary N) is 1. The van der Waals surface area contributed by atoms with Crippen molar-refractivity contribution < 1.29 is 4.39 Å². The predicted octanol–water partition coefficient (Wildman–Crippen LogP) is 3.33. The molecule has 1 aliphatic heterocycles. The van der Waals surface area contributed by atoms with E-state index in [4.69, 9.17) is 18.0 Å². The molecular formula is C16H23FN2S. The molecule has 1 heterocycles. The van der Waals surface area contributed by atoms with Gasteiger partial charge in [0, 0.05) is 24.7 Å². The lowest BCUT2D eigenvalue weighted by Crippen LogP contribution is -2.45. The van der Waals surface area contributed by atoms with E-state index < -0.39 is 0 Å². The molecule has 4 heteroatoms. The molecule has 110 valence electrons. The monoisotopic (exact) mass is 294 g/mol. The van der Waals surface area contributed by atoms with Crippen molar-refractivity contribution in [2.24, 2.45) is 17.6 Å². The van der Waals surface area contributed by atoms with E-state index in [1.807, 2.05) is 0 Å². The summed E-state index contributed by atoms with van der Waals surface area (Å²) in [7, 11) is 0. The van der Waals surface area contributed by atoms with Crippen molar-refractivity contribution in [2.45, 2.75) is 39.8 Å². The maximum Gasteiger partial charge on any atom is 0.123 e. The summed E-state index contributed by atoms with van der Waals surface area (Å²) in [6.07, 6.45) is 1.25. The minimum atomic E-state index is -0.231. The van der Waals surface area contributed by atoms with Gasteiger partial charge in [-0.2, -0.15) is 0 Å². The summed E-state index contributed by atoms with van der Waals surface area (Å²) in [5.74, 6) is 1.09. The number of benzene rings is 1. The van der Waals surface area contributed by atoms with Crippen LogP contribution in [0.3, 0.4) is 0 Å². The molecule has 2 nitrogen and oxygen atoms in total. The van der Waals surface area contributed by atoms with Gasteiger partial charge < -0.3 is 5.73 Å². The zero-order valence-corrected chi connectivity index (χ0v) is 13.2. The topological polar surface area (TPSA) is 29.3 Å². The van der Waals surface area contributed by atoms with Crippen LogP contribution in [0.15, 0.2) is 18.2 Å². The molecule has 3 unspecified atom stereocenters. The number of hydrogen-bond donors (Lipinski definition) is 1. The van der Waals surface area contributed by atoms with Crippen molar-refractivity contribution in [1.82, 2.24) is 4.90 Å². The summed E-state index contributed by atoms with van der Waals surface area (Å²) >= 11 is 5.07. The first-order valence-corrected chi connectivity index (χ1v) is 7.61. The normalized spacial score (nSPS) is 27.5. The van der Waals surface area contributed by atoms with Crippen LogP contribution in [-0.4, -0.2) is 22.5 Å². The first-order valence-electron chi connectivity index (χ1n) is 7.20.